The molecule has 0 fully saturated rings. The molecule has 1 aliphatic rings. The third kappa shape index (κ3) is 2.88. The first kappa shape index (κ1) is 17.2. The number of anilines is 1. The van der Waals surface area contributed by atoms with Crippen LogP contribution in [-0.4, -0.2) is 47.4 Å². The van der Waals surface area contributed by atoms with Crippen molar-refractivity contribution >= 4 is 29.4 Å². The van der Waals surface area contributed by atoms with Gasteiger partial charge in [-0.05, 0) is 24.3 Å². The SMILES string of the molecule is COC(=O)c1cccc(NC(=O)CN2C(=O)c3ccccc3C2=O)c1O. The number of methoxy groups -OCH3 is 1. The number of imide groups is 1. The lowest BCUT2D eigenvalue weighted by Gasteiger charge is -2.14. The Morgan fingerprint density at radius 2 is 1.65 bits per heavy atom. The molecule has 2 aromatic carbocycles. The van der Waals surface area contributed by atoms with Gasteiger partial charge in [-0.1, -0.05) is 18.2 Å². The Labute approximate surface area is 148 Å². The van der Waals surface area contributed by atoms with Crippen LogP contribution in [0.4, 0.5) is 5.69 Å². The van der Waals surface area contributed by atoms with Gasteiger partial charge < -0.3 is 15.2 Å². The van der Waals surface area contributed by atoms with Crippen molar-refractivity contribution in [2.45, 2.75) is 0 Å². The Balaban J connectivity index is 1.76. The Hall–Kier alpha value is -3.68. The van der Waals surface area contributed by atoms with Gasteiger partial charge in [0.1, 0.15) is 12.1 Å². The van der Waals surface area contributed by atoms with E-state index in [9.17, 15) is 24.3 Å². The molecule has 1 aliphatic heterocycles. The molecule has 2 aromatic rings. The minimum atomic E-state index is -0.765. The number of hydrogen-bond acceptors (Lipinski definition) is 6. The molecule has 132 valence electrons. The van der Waals surface area contributed by atoms with E-state index >= 15 is 0 Å². The molecule has 0 unspecified atom stereocenters. The molecule has 0 aromatic heterocycles. The van der Waals surface area contributed by atoms with Crippen molar-refractivity contribution < 1.29 is 29.0 Å². The Bertz CT molecular complexity index is 902. The van der Waals surface area contributed by atoms with Crippen molar-refractivity contribution in [2.24, 2.45) is 0 Å². The maximum Gasteiger partial charge on any atom is 0.341 e. The molecule has 0 bridgehead atoms. The largest absolute Gasteiger partial charge is 0.505 e. The molecular formula is C18H14N2O6. The molecule has 0 atom stereocenters. The molecule has 8 nitrogen and oxygen atoms in total. The number of amides is 3. The number of rotatable bonds is 4. The van der Waals surface area contributed by atoms with Crippen LogP contribution < -0.4 is 5.32 Å². The Morgan fingerprint density at radius 3 is 2.23 bits per heavy atom. The molecule has 0 radical (unpaired) electrons. The third-order valence-corrected chi connectivity index (χ3v) is 3.90. The maximum atomic E-state index is 12.3. The monoisotopic (exact) mass is 354 g/mol. The summed E-state index contributed by atoms with van der Waals surface area (Å²) < 4.78 is 4.54. The zero-order valence-corrected chi connectivity index (χ0v) is 13.7. The third-order valence-electron chi connectivity index (χ3n) is 3.90. The number of benzene rings is 2. The van der Waals surface area contributed by atoms with Crippen molar-refractivity contribution in [1.82, 2.24) is 4.90 Å². The van der Waals surface area contributed by atoms with E-state index in [1.54, 1.807) is 12.1 Å². The fraction of sp³-hybridized carbons (Fsp3) is 0.111. The molecule has 0 aliphatic carbocycles. The number of phenols is 1. The molecule has 1 heterocycles. The number of phenolic OH excluding ortho intramolecular Hbond substituents is 1. The molecule has 0 saturated heterocycles. The van der Waals surface area contributed by atoms with E-state index in [2.05, 4.69) is 10.1 Å². The van der Waals surface area contributed by atoms with E-state index in [1.807, 2.05) is 0 Å². The summed E-state index contributed by atoms with van der Waals surface area (Å²) >= 11 is 0. The summed E-state index contributed by atoms with van der Waals surface area (Å²) in [5.41, 5.74) is 0.321. The van der Waals surface area contributed by atoms with Crippen LogP contribution in [0.15, 0.2) is 42.5 Å². The van der Waals surface area contributed by atoms with Crippen LogP contribution in [-0.2, 0) is 9.53 Å². The summed E-state index contributed by atoms with van der Waals surface area (Å²) in [6.45, 7) is -0.520. The van der Waals surface area contributed by atoms with Crippen LogP contribution in [0.3, 0.4) is 0 Å². The standard InChI is InChI=1S/C18H14N2O6/c1-26-18(25)12-7-4-8-13(15(12)22)19-14(21)9-20-16(23)10-5-2-3-6-11(10)17(20)24/h2-8,22H,9H2,1H3,(H,19,21). The molecule has 3 amide bonds. The summed E-state index contributed by atoms with van der Waals surface area (Å²) in [6.07, 6.45) is 0. The number of carbonyl (C=O) groups is 4. The van der Waals surface area contributed by atoms with E-state index < -0.39 is 36.0 Å². The lowest BCUT2D eigenvalue weighted by Crippen LogP contribution is -2.37. The van der Waals surface area contributed by atoms with Crippen molar-refractivity contribution in [1.29, 1.82) is 0 Å². The van der Waals surface area contributed by atoms with Gasteiger partial charge in [-0.25, -0.2) is 4.79 Å². The normalized spacial score (nSPS) is 12.7. The lowest BCUT2D eigenvalue weighted by molar-refractivity contribution is -0.116. The minimum Gasteiger partial charge on any atom is -0.505 e. The summed E-state index contributed by atoms with van der Waals surface area (Å²) in [5.74, 6) is -3.05. The van der Waals surface area contributed by atoms with Gasteiger partial charge in [-0.15, -0.1) is 0 Å². The number of esters is 1. The Kier molecular flexibility index (Phi) is 4.40. The lowest BCUT2D eigenvalue weighted by atomic mass is 10.1. The van der Waals surface area contributed by atoms with E-state index in [-0.39, 0.29) is 22.4 Å². The van der Waals surface area contributed by atoms with Gasteiger partial charge in [0.05, 0.1) is 23.9 Å². The average Bonchev–Trinajstić information content (AvgIpc) is 2.88. The van der Waals surface area contributed by atoms with Crippen molar-refractivity contribution in [3.63, 3.8) is 0 Å². The number of fused-ring (bicyclic) bond motifs is 1. The van der Waals surface area contributed by atoms with Gasteiger partial charge in [0, 0.05) is 0 Å². The number of carbonyl (C=O) groups excluding carboxylic acids is 4. The van der Waals surface area contributed by atoms with Crippen LogP contribution in [0.5, 0.6) is 5.75 Å². The van der Waals surface area contributed by atoms with Crippen LogP contribution in [0.1, 0.15) is 31.1 Å². The fourth-order valence-electron chi connectivity index (χ4n) is 2.64. The minimum absolute atomic E-state index is 0.0329. The first-order valence-electron chi connectivity index (χ1n) is 7.59. The topological polar surface area (TPSA) is 113 Å². The van der Waals surface area contributed by atoms with Gasteiger partial charge in [0.2, 0.25) is 5.91 Å². The number of nitrogens with one attached hydrogen (secondary N) is 1. The highest BCUT2D eigenvalue weighted by Gasteiger charge is 2.36. The van der Waals surface area contributed by atoms with Crippen LogP contribution in [0, 0.1) is 0 Å². The van der Waals surface area contributed by atoms with Gasteiger partial charge in [-0.3, -0.25) is 19.3 Å². The van der Waals surface area contributed by atoms with Crippen LogP contribution in [0.2, 0.25) is 0 Å². The quantitative estimate of drug-likeness (QED) is 0.488. The van der Waals surface area contributed by atoms with Crippen LogP contribution in [0.25, 0.3) is 0 Å². The van der Waals surface area contributed by atoms with Crippen molar-refractivity contribution in [2.75, 3.05) is 19.0 Å². The average molecular weight is 354 g/mol. The summed E-state index contributed by atoms with van der Waals surface area (Å²) in [6, 6.07) is 10.4. The second kappa shape index (κ2) is 6.67. The highest BCUT2D eigenvalue weighted by Crippen LogP contribution is 2.28. The van der Waals surface area contributed by atoms with E-state index in [1.165, 1.54) is 30.3 Å². The zero-order chi connectivity index (χ0) is 18.8. The highest BCUT2D eigenvalue weighted by atomic mass is 16.5. The molecule has 0 spiro atoms. The van der Waals surface area contributed by atoms with Crippen LogP contribution >= 0.6 is 0 Å². The number of ether oxygens (including phenoxy) is 1. The Morgan fingerprint density at radius 1 is 1.04 bits per heavy atom. The predicted octanol–water partition coefficient (Wildman–Crippen LogP) is 1.41. The van der Waals surface area contributed by atoms with E-state index in [0.717, 1.165) is 12.0 Å². The summed E-state index contributed by atoms with van der Waals surface area (Å²) in [7, 11) is 1.16. The molecule has 0 saturated carbocycles. The summed E-state index contributed by atoms with van der Waals surface area (Å²) in [5, 5.41) is 12.5. The van der Waals surface area contributed by atoms with Gasteiger partial charge >= 0.3 is 5.97 Å². The second-order valence-corrected chi connectivity index (χ2v) is 5.48. The van der Waals surface area contributed by atoms with Gasteiger partial charge in [0.15, 0.2) is 5.75 Å². The highest BCUT2D eigenvalue weighted by molar-refractivity contribution is 6.22. The fourth-order valence-corrected chi connectivity index (χ4v) is 2.64. The molecule has 8 heteroatoms. The first-order valence-corrected chi connectivity index (χ1v) is 7.59. The van der Waals surface area contributed by atoms with Crippen molar-refractivity contribution in [3.8, 4) is 5.75 Å². The molecule has 3 rings (SSSR count). The smallest absolute Gasteiger partial charge is 0.341 e. The van der Waals surface area contributed by atoms with E-state index in [0.29, 0.717) is 0 Å². The zero-order valence-electron chi connectivity index (χ0n) is 13.7. The second-order valence-electron chi connectivity index (χ2n) is 5.48. The molecule has 26 heavy (non-hydrogen) atoms. The van der Waals surface area contributed by atoms with E-state index in [4.69, 9.17) is 0 Å². The van der Waals surface area contributed by atoms with Gasteiger partial charge in [0.25, 0.3) is 11.8 Å². The van der Waals surface area contributed by atoms with Gasteiger partial charge in [-0.2, -0.15) is 0 Å². The number of aromatic hydroxyl groups is 1. The predicted molar refractivity (Wildman–Crippen MR) is 89.9 cm³/mol. The molecule has 2 N–H and O–H groups in total. The molecular weight excluding hydrogens is 340 g/mol. The first-order chi connectivity index (χ1) is 12.4. The summed E-state index contributed by atoms with van der Waals surface area (Å²) in [4.78, 5) is 49.1. The van der Waals surface area contributed by atoms with Crippen molar-refractivity contribution in [3.05, 3.63) is 59.2 Å². The maximum absolute atomic E-state index is 12.3. The number of hydrogen-bond donors (Lipinski definition) is 2. The number of nitrogens with zero attached hydrogens (tertiary/aromatic N) is 1. The number of para-hydroxylation sites is 1.